The Morgan fingerprint density at radius 1 is 1.05 bits per heavy atom. The van der Waals surface area contributed by atoms with E-state index in [1.54, 1.807) is 0 Å². The first-order valence-corrected chi connectivity index (χ1v) is 8.91. The molecule has 1 aliphatic heterocycles. The van der Waals surface area contributed by atoms with E-state index in [9.17, 15) is 0 Å². The van der Waals surface area contributed by atoms with E-state index in [0.717, 1.165) is 6.54 Å². The van der Waals surface area contributed by atoms with Gasteiger partial charge >= 0.3 is 0 Å². The van der Waals surface area contributed by atoms with Crippen molar-refractivity contribution in [2.45, 2.75) is 58.8 Å². The first kappa shape index (κ1) is 16.4. The summed E-state index contributed by atoms with van der Waals surface area (Å²) in [5.41, 5.74) is 4.39. The third-order valence-electron chi connectivity index (χ3n) is 4.48. The molecule has 0 unspecified atom stereocenters. The highest BCUT2D eigenvalue weighted by Gasteiger charge is 2.10. The first-order chi connectivity index (χ1) is 10.3. The van der Waals surface area contributed by atoms with Crippen molar-refractivity contribution in [3.05, 3.63) is 29.3 Å². The summed E-state index contributed by atoms with van der Waals surface area (Å²) in [6.07, 6.45) is 8.97. The van der Waals surface area contributed by atoms with Gasteiger partial charge in [-0.3, -0.25) is 0 Å². The summed E-state index contributed by atoms with van der Waals surface area (Å²) in [5, 5.41) is 3.50. The predicted molar refractivity (Wildman–Crippen MR) is 93.2 cm³/mol. The van der Waals surface area contributed by atoms with Gasteiger partial charge in [0.15, 0.2) is 0 Å². The molecule has 118 valence electrons. The van der Waals surface area contributed by atoms with Crippen LogP contribution in [0.3, 0.4) is 0 Å². The van der Waals surface area contributed by atoms with Crippen molar-refractivity contribution in [1.29, 1.82) is 0 Å². The molecule has 1 N–H and O–H groups in total. The Balaban J connectivity index is 1.87. The molecule has 1 heterocycles. The molecule has 1 aliphatic rings. The van der Waals surface area contributed by atoms with Crippen molar-refractivity contribution in [2.75, 3.05) is 31.5 Å². The Labute approximate surface area is 130 Å². The molecule has 1 aromatic carbocycles. The second kappa shape index (κ2) is 9.09. The van der Waals surface area contributed by atoms with Crippen LogP contribution in [0.5, 0.6) is 0 Å². The Bertz CT molecular complexity index is 406. The fraction of sp³-hybridized carbons (Fsp3) is 0.684. The Morgan fingerprint density at radius 2 is 1.81 bits per heavy atom. The molecule has 0 aromatic heterocycles. The molecule has 0 fully saturated rings. The number of unbranched alkanes of at least 4 members (excludes halogenated alkanes) is 2. The van der Waals surface area contributed by atoms with Gasteiger partial charge in [0.2, 0.25) is 0 Å². The molecule has 0 bridgehead atoms. The highest BCUT2D eigenvalue weighted by molar-refractivity contribution is 5.54. The van der Waals surface area contributed by atoms with E-state index < -0.39 is 0 Å². The molecular formula is C19H32N2. The zero-order valence-electron chi connectivity index (χ0n) is 14.0. The minimum absolute atomic E-state index is 1.13. The molecular weight excluding hydrogens is 256 g/mol. The fourth-order valence-electron chi connectivity index (χ4n) is 3.07. The van der Waals surface area contributed by atoms with Crippen molar-refractivity contribution in [3.8, 4) is 0 Å². The number of anilines is 1. The standard InChI is InChI=1S/C19H32N2/c1-3-5-13-21(14-6-4-2)15-11-17-9-10-19-18(16-17)8-7-12-20-19/h9-10,16,20H,3-8,11-15H2,1-2H3. The number of nitrogens with one attached hydrogen (secondary N) is 1. The Morgan fingerprint density at radius 3 is 2.52 bits per heavy atom. The van der Waals surface area contributed by atoms with Crippen molar-refractivity contribution in [1.82, 2.24) is 4.90 Å². The van der Waals surface area contributed by atoms with Crippen LogP contribution in [0.1, 0.15) is 57.1 Å². The number of nitrogens with zero attached hydrogens (tertiary/aromatic N) is 1. The fourth-order valence-corrected chi connectivity index (χ4v) is 3.07. The molecule has 0 spiro atoms. The molecule has 0 saturated carbocycles. The van der Waals surface area contributed by atoms with Gasteiger partial charge in [0, 0.05) is 18.8 Å². The summed E-state index contributed by atoms with van der Waals surface area (Å²) < 4.78 is 0. The maximum absolute atomic E-state index is 3.50. The number of hydrogen-bond acceptors (Lipinski definition) is 2. The number of fused-ring (bicyclic) bond motifs is 1. The minimum atomic E-state index is 1.13. The van der Waals surface area contributed by atoms with Gasteiger partial charge < -0.3 is 10.2 Å². The third-order valence-corrected chi connectivity index (χ3v) is 4.48. The summed E-state index contributed by atoms with van der Waals surface area (Å²) >= 11 is 0. The summed E-state index contributed by atoms with van der Waals surface area (Å²) in [4.78, 5) is 2.66. The minimum Gasteiger partial charge on any atom is -0.385 e. The van der Waals surface area contributed by atoms with Gasteiger partial charge in [-0.25, -0.2) is 0 Å². The lowest BCUT2D eigenvalue weighted by Gasteiger charge is -2.23. The van der Waals surface area contributed by atoms with Crippen molar-refractivity contribution < 1.29 is 0 Å². The zero-order valence-corrected chi connectivity index (χ0v) is 14.0. The van der Waals surface area contributed by atoms with Gasteiger partial charge in [-0.2, -0.15) is 0 Å². The lowest BCUT2D eigenvalue weighted by atomic mass is 9.99. The molecule has 0 amide bonds. The van der Waals surface area contributed by atoms with Gasteiger partial charge in [-0.15, -0.1) is 0 Å². The lowest BCUT2D eigenvalue weighted by molar-refractivity contribution is 0.268. The normalized spacial score (nSPS) is 14.0. The first-order valence-electron chi connectivity index (χ1n) is 8.91. The Kier molecular flexibility index (Phi) is 7.08. The number of rotatable bonds is 9. The van der Waals surface area contributed by atoms with E-state index in [1.807, 2.05) is 0 Å². The highest BCUT2D eigenvalue weighted by atomic mass is 15.1. The SMILES string of the molecule is CCCCN(CCCC)CCc1ccc2c(c1)CCCN2. The van der Waals surface area contributed by atoms with E-state index in [4.69, 9.17) is 0 Å². The smallest absolute Gasteiger partial charge is 0.0372 e. The van der Waals surface area contributed by atoms with Crippen LogP contribution in [0.4, 0.5) is 5.69 Å². The Hall–Kier alpha value is -1.02. The largest absolute Gasteiger partial charge is 0.385 e. The highest BCUT2D eigenvalue weighted by Crippen LogP contribution is 2.23. The van der Waals surface area contributed by atoms with Crippen LogP contribution in [0.25, 0.3) is 0 Å². The van der Waals surface area contributed by atoms with Crippen molar-refractivity contribution in [3.63, 3.8) is 0 Å². The molecule has 2 heteroatoms. The van der Waals surface area contributed by atoms with Crippen LogP contribution >= 0.6 is 0 Å². The molecule has 21 heavy (non-hydrogen) atoms. The van der Waals surface area contributed by atoms with E-state index in [0.29, 0.717) is 0 Å². The van der Waals surface area contributed by atoms with Crippen LogP contribution < -0.4 is 5.32 Å². The molecule has 2 nitrogen and oxygen atoms in total. The molecule has 0 saturated heterocycles. The van der Waals surface area contributed by atoms with E-state index in [2.05, 4.69) is 42.3 Å². The van der Waals surface area contributed by atoms with E-state index >= 15 is 0 Å². The lowest BCUT2D eigenvalue weighted by Crippen LogP contribution is -2.28. The maximum atomic E-state index is 3.50. The van der Waals surface area contributed by atoms with Gasteiger partial charge in [0.1, 0.15) is 0 Å². The average Bonchev–Trinajstić information content (AvgIpc) is 2.54. The zero-order chi connectivity index (χ0) is 14.9. The predicted octanol–water partition coefficient (Wildman–Crippen LogP) is 4.49. The van der Waals surface area contributed by atoms with Gasteiger partial charge in [-0.1, -0.05) is 38.8 Å². The summed E-state index contributed by atoms with van der Waals surface area (Å²) in [5.74, 6) is 0. The van der Waals surface area contributed by atoms with Crippen LogP contribution in [0.2, 0.25) is 0 Å². The van der Waals surface area contributed by atoms with E-state index in [1.165, 1.54) is 81.4 Å². The average molecular weight is 288 g/mol. The molecule has 1 aromatic rings. The van der Waals surface area contributed by atoms with Gasteiger partial charge in [0.05, 0.1) is 0 Å². The molecule has 2 rings (SSSR count). The second-order valence-electron chi connectivity index (χ2n) is 6.32. The molecule has 0 atom stereocenters. The number of benzene rings is 1. The van der Waals surface area contributed by atoms with Gasteiger partial charge in [0.25, 0.3) is 0 Å². The van der Waals surface area contributed by atoms with E-state index in [-0.39, 0.29) is 0 Å². The summed E-state index contributed by atoms with van der Waals surface area (Å²) in [6.45, 7) is 9.45. The monoisotopic (exact) mass is 288 g/mol. The number of aryl methyl sites for hydroxylation is 1. The summed E-state index contributed by atoms with van der Waals surface area (Å²) in [7, 11) is 0. The van der Waals surface area contributed by atoms with Crippen LogP contribution in [0, 0.1) is 0 Å². The second-order valence-corrected chi connectivity index (χ2v) is 6.32. The van der Waals surface area contributed by atoms with Gasteiger partial charge in [-0.05, 0) is 62.4 Å². The molecule has 0 radical (unpaired) electrons. The summed E-state index contributed by atoms with van der Waals surface area (Å²) in [6, 6.07) is 7.03. The number of hydrogen-bond donors (Lipinski definition) is 1. The van der Waals surface area contributed by atoms with Crippen LogP contribution in [-0.2, 0) is 12.8 Å². The van der Waals surface area contributed by atoms with Crippen molar-refractivity contribution in [2.24, 2.45) is 0 Å². The molecule has 0 aliphatic carbocycles. The topological polar surface area (TPSA) is 15.3 Å². The maximum Gasteiger partial charge on any atom is 0.0372 e. The van der Waals surface area contributed by atoms with Crippen LogP contribution in [0.15, 0.2) is 18.2 Å². The van der Waals surface area contributed by atoms with Crippen molar-refractivity contribution >= 4 is 5.69 Å². The quantitative estimate of drug-likeness (QED) is 0.720. The van der Waals surface area contributed by atoms with Crippen LogP contribution in [-0.4, -0.2) is 31.1 Å². The third kappa shape index (κ3) is 5.35.